The molecule has 0 bridgehead atoms. The van der Waals surface area contributed by atoms with Crippen LogP contribution in [0.3, 0.4) is 0 Å². The highest BCUT2D eigenvalue weighted by Crippen LogP contribution is 2.30. The van der Waals surface area contributed by atoms with E-state index in [0.29, 0.717) is 42.9 Å². The lowest BCUT2D eigenvalue weighted by atomic mass is 10.00. The number of fused-ring (bicyclic) bond motifs is 1. The summed E-state index contributed by atoms with van der Waals surface area (Å²) in [7, 11) is 0. The van der Waals surface area contributed by atoms with Crippen LogP contribution in [0.25, 0.3) is 0 Å². The van der Waals surface area contributed by atoms with Crippen molar-refractivity contribution in [3.05, 3.63) is 40.3 Å². The van der Waals surface area contributed by atoms with Crippen molar-refractivity contribution >= 4 is 11.8 Å². The number of piperidine rings is 1. The van der Waals surface area contributed by atoms with Gasteiger partial charge in [-0.3, -0.25) is 9.59 Å². The van der Waals surface area contributed by atoms with E-state index in [1.807, 2.05) is 22.9 Å². The van der Waals surface area contributed by atoms with Gasteiger partial charge in [0.1, 0.15) is 11.3 Å². The molecule has 1 atom stereocenters. The minimum Gasteiger partial charge on any atom is -0.361 e. The first-order valence-electron chi connectivity index (χ1n) is 10.4. The zero-order valence-electron chi connectivity index (χ0n) is 17.3. The van der Waals surface area contributed by atoms with Gasteiger partial charge in [0.05, 0.1) is 17.4 Å². The van der Waals surface area contributed by atoms with E-state index in [-0.39, 0.29) is 17.9 Å². The maximum atomic E-state index is 13.0. The van der Waals surface area contributed by atoms with Crippen LogP contribution in [0.15, 0.2) is 10.7 Å². The number of rotatable bonds is 3. The van der Waals surface area contributed by atoms with E-state index in [0.717, 1.165) is 42.9 Å². The Labute approximate surface area is 170 Å². The molecule has 1 saturated heterocycles. The highest BCUT2D eigenvalue weighted by Gasteiger charge is 2.31. The summed E-state index contributed by atoms with van der Waals surface area (Å²) in [5.74, 6) is 1.31. The summed E-state index contributed by atoms with van der Waals surface area (Å²) >= 11 is 0. The van der Waals surface area contributed by atoms with Crippen molar-refractivity contribution < 1.29 is 14.1 Å². The number of amides is 2. The highest BCUT2D eigenvalue weighted by atomic mass is 16.5. The molecule has 4 heterocycles. The van der Waals surface area contributed by atoms with Crippen molar-refractivity contribution in [1.82, 2.24) is 24.9 Å². The average Bonchev–Trinajstić information content (AvgIpc) is 3.12. The van der Waals surface area contributed by atoms with Crippen molar-refractivity contribution in [1.29, 1.82) is 0 Å². The van der Waals surface area contributed by atoms with Gasteiger partial charge in [0, 0.05) is 44.7 Å². The second kappa shape index (κ2) is 7.93. The van der Waals surface area contributed by atoms with Gasteiger partial charge in [-0.2, -0.15) is 0 Å². The lowest BCUT2D eigenvalue weighted by Crippen LogP contribution is -2.39. The number of carbonyl (C=O) groups excluding carboxylic acids is 2. The molecule has 0 unspecified atom stereocenters. The second-order valence-electron chi connectivity index (χ2n) is 7.81. The van der Waals surface area contributed by atoms with E-state index in [9.17, 15) is 9.59 Å². The van der Waals surface area contributed by atoms with Crippen molar-refractivity contribution in [2.45, 2.75) is 65.5 Å². The summed E-state index contributed by atoms with van der Waals surface area (Å²) in [6.45, 7) is 7.18. The third-order valence-corrected chi connectivity index (χ3v) is 5.93. The van der Waals surface area contributed by atoms with Gasteiger partial charge >= 0.3 is 0 Å². The van der Waals surface area contributed by atoms with E-state index in [4.69, 9.17) is 9.51 Å². The van der Waals surface area contributed by atoms with E-state index in [1.165, 1.54) is 0 Å². The van der Waals surface area contributed by atoms with Crippen LogP contribution in [0.4, 0.5) is 0 Å². The van der Waals surface area contributed by atoms with E-state index in [2.05, 4.69) is 10.1 Å². The van der Waals surface area contributed by atoms with Crippen LogP contribution < -0.4 is 0 Å². The van der Waals surface area contributed by atoms with Crippen LogP contribution in [-0.4, -0.2) is 49.8 Å². The number of hydrogen-bond donors (Lipinski definition) is 0. The number of nitrogens with zero attached hydrogens (tertiary/aromatic N) is 5. The van der Waals surface area contributed by atoms with Crippen LogP contribution in [0.1, 0.15) is 78.0 Å². The number of hydrogen-bond acceptors (Lipinski definition) is 6. The fraction of sp³-hybridized carbons (Fsp3) is 0.571. The molecule has 154 valence electrons. The summed E-state index contributed by atoms with van der Waals surface area (Å²) in [5, 5.41) is 4.00. The lowest BCUT2D eigenvalue weighted by molar-refractivity contribution is -0.132. The zero-order chi connectivity index (χ0) is 20.5. The molecule has 8 heteroatoms. The van der Waals surface area contributed by atoms with Crippen LogP contribution in [-0.2, 0) is 24.2 Å². The number of carbonyl (C=O) groups is 2. The highest BCUT2D eigenvalue weighted by molar-refractivity contribution is 5.96. The molecule has 2 aliphatic rings. The summed E-state index contributed by atoms with van der Waals surface area (Å²) in [4.78, 5) is 38.1. The standard InChI is InChI=1S/C21H27N5O3/c1-4-16-19(13(2)29-24-16)21(28)25-10-8-17-15(12-25)11-22-20(23-17)18-7-5-6-9-26(18)14(3)27/h11,18H,4-10,12H2,1-3H3/t18-/m1/s1. The summed E-state index contributed by atoms with van der Waals surface area (Å²) in [6, 6.07) is -0.0435. The van der Waals surface area contributed by atoms with Crippen LogP contribution in [0.5, 0.6) is 0 Å². The average molecular weight is 397 g/mol. The molecule has 2 aromatic rings. The van der Waals surface area contributed by atoms with Gasteiger partial charge in [-0.25, -0.2) is 9.97 Å². The van der Waals surface area contributed by atoms with Gasteiger partial charge in [0.25, 0.3) is 5.91 Å². The number of likely N-dealkylation sites (tertiary alicyclic amines) is 1. The molecule has 0 N–H and O–H groups in total. The number of aryl methyl sites for hydroxylation is 2. The maximum absolute atomic E-state index is 13.0. The van der Waals surface area contributed by atoms with Gasteiger partial charge < -0.3 is 14.3 Å². The topological polar surface area (TPSA) is 92.4 Å². The number of aromatic nitrogens is 3. The van der Waals surface area contributed by atoms with Gasteiger partial charge in [-0.05, 0) is 32.6 Å². The molecular weight excluding hydrogens is 370 g/mol. The van der Waals surface area contributed by atoms with E-state index in [1.54, 1.807) is 13.8 Å². The monoisotopic (exact) mass is 397 g/mol. The molecule has 0 aromatic carbocycles. The molecule has 0 saturated carbocycles. The molecule has 29 heavy (non-hydrogen) atoms. The third-order valence-electron chi connectivity index (χ3n) is 5.93. The molecule has 0 spiro atoms. The molecule has 8 nitrogen and oxygen atoms in total. The van der Waals surface area contributed by atoms with Crippen molar-refractivity contribution in [2.24, 2.45) is 0 Å². The molecule has 2 aliphatic heterocycles. The lowest BCUT2D eigenvalue weighted by Gasteiger charge is -2.35. The van der Waals surface area contributed by atoms with Gasteiger partial charge in [0.2, 0.25) is 5.91 Å². The Morgan fingerprint density at radius 3 is 2.86 bits per heavy atom. The first-order valence-corrected chi connectivity index (χ1v) is 10.4. The maximum Gasteiger partial charge on any atom is 0.259 e. The Morgan fingerprint density at radius 2 is 2.10 bits per heavy atom. The quantitative estimate of drug-likeness (QED) is 0.790. The van der Waals surface area contributed by atoms with Crippen molar-refractivity contribution in [3.8, 4) is 0 Å². The SMILES string of the molecule is CCc1noc(C)c1C(=O)N1CCc2nc([C@H]3CCCCN3C(C)=O)ncc2C1. The van der Waals surface area contributed by atoms with E-state index >= 15 is 0 Å². The largest absolute Gasteiger partial charge is 0.361 e. The Morgan fingerprint density at radius 1 is 1.28 bits per heavy atom. The van der Waals surface area contributed by atoms with E-state index < -0.39 is 0 Å². The molecule has 1 fully saturated rings. The van der Waals surface area contributed by atoms with Crippen LogP contribution in [0.2, 0.25) is 0 Å². The molecule has 2 aromatic heterocycles. The fourth-order valence-corrected chi connectivity index (χ4v) is 4.33. The Bertz CT molecular complexity index is 938. The Kier molecular flexibility index (Phi) is 5.34. The molecule has 0 radical (unpaired) electrons. The summed E-state index contributed by atoms with van der Waals surface area (Å²) in [6.07, 6.45) is 6.16. The van der Waals surface area contributed by atoms with Gasteiger partial charge in [-0.15, -0.1) is 0 Å². The predicted octanol–water partition coefficient (Wildman–Crippen LogP) is 2.61. The molecular formula is C21H27N5O3. The normalized spacial score (nSPS) is 19.2. The minimum absolute atomic E-state index is 0.0435. The van der Waals surface area contributed by atoms with Crippen molar-refractivity contribution in [3.63, 3.8) is 0 Å². The van der Waals surface area contributed by atoms with Crippen LogP contribution in [0, 0.1) is 6.92 Å². The summed E-state index contributed by atoms with van der Waals surface area (Å²) in [5.41, 5.74) is 3.22. The first-order chi connectivity index (χ1) is 14.0. The molecule has 4 rings (SSSR count). The Hall–Kier alpha value is -2.77. The fourth-order valence-electron chi connectivity index (χ4n) is 4.33. The smallest absolute Gasteiger partial charge is 0.259 e. The molecule has 2 amide bonds. The van der Waals surface area contributed by atoms with Gasteiger partial charge in [0.15, 0.2) is 5.82 Å². The van der Waals surface area contributed by atoms with Gasteiger partial charge in [-0.1, -0.05) is 12.1 Å². The Balaban J connectivity index is 1.54. The first kappa shape index (κ1) is 19.5. The second-order valence-corrected chi connectivity index (χ2v) is 7.81. The van der Waals surface area contributed by atoms with Crippen LogP contribution >= 0.6 is 0 Å². The van der Waals surface area contributed by atoms with Crippen molar-refractivity contribution in [2.75, 3.05) is 13.1 Å². The predicted molar refractivity (Wildman–Crippen MR) is 105 cm³/mol. The zero-order valence-corrected chi connectivity index (χ0v) is 17.3. The minimum atomic E-state index is -0.0506. The summed E-state index contributed by atoms with van der Waals surface area (Å²) < 4.78 is 5.23. The third kappa shape index (κ3) is 3.63. The molecule has 0 aliphatic carbocycles.